The van der Waals surface area contributed by atoms with Gasteiger partial charge in [-0.05, 0) is 52.7 Å². The molecule has 1 N–H and O–H groups in total. The molecule has 0 spiro atoms. The molecule has 2 aromatic heterocycles. The predicted molar refractivity (Wildman–Crippen MR) is 87.4 cm³/mol. The van der Waals surface area contributed by atoms with Gasteiger partial charge in [-0.1, -0.05) is 13.8 Å². The monoisotopic (exact) mass is 354 g/mol. The minimum Gasteiger partial charge on any atom is -0.351 e. The molecule has 108 valence electrons. The fourth-order valence-electron chi connectivity index (χ4n) is 2.34. The molecule has 0 aromatic carbocycles. The Morgan fingerprint density at radius 2 is 2.25 bits per heavy atom. The lowest BCUT2D eigenvalue weighted by molar-refractivity contribution is 0.0940. The summed E-state index contributed by atoms with van der Waals surface area (Å²) < 4.78 is 4.51. The van der Waals surface area contributed by atoms with Crippen LogP contribution < -0.4 is 5.32 Å². The van der Waals surface area contributed by atoms with Crippen molar-refractivity contribution >= 4 is 43.4 Å². The molecule has 20 heavy (non-hydrogen) atoms. The van der Waals surface area contributed by atoms with Crippen LogP contribution in [-0.4, -0.2) is 17.0 Å². The topological polar surface area (TPSA) is 34.0 Å². The molecule has 0 radical (unpaired) electrons. The molecule has 0 bridgehead atoms. The van der Waals surface area contributed by atoms with Crippen molar-refractivity contribution in [3.05, 3.63) is 21.6 Å². The number of rotatable bonds is 5. The number of carbonyl (C=O) groups excluding carboxylic acids is 1. The highest BCUT2D eigenvalue weighted by Gasteiger charge is 2.26. The van der Waals surface area contributed by atoms with Crippen molar-refractivity contribution in [3.63, 3.8) is 0 Å². The van der Waals surface area contributed by atoms with Crippen molar-refractivity contribution < 1.29 is 4.79 Å². The zero-order valence-corrected chi connectivity index (χ0v) is 14.2. The summed E-state index contributed by atoms with van der Waals surface area (Å²) in [6.07, 6.45) is 2.58. The largest absolute Gasteiger partial charge is 0.351 e. The molecule has 0 atom stereocenters. The van der Waals surface area contributed by atoms with E-state index in [4.69, 9.17) is 0 Å². The number of amides is 1. The predicted octanol–water partition coefficient (Wildman–Crippen LogP) is 4.26. The zero-order chi connectivity index (χ0) is 14.3. The SMILES string of the molecule is CC(C)CNC(=O)c1cc2sc(Br)cc2n1CC1CC1. The van der Waals surface area contributed by atoms with E-state index in [-0.39, 0.29) is 5.91 Å². The quantitative estimate of drug-likeness (QED) is 0.854. The number of thiophene rings is 1. The summed E-state index contributed by atoms with van der Waals surface area (Å²) in [6, 6.07) is 4.16. The van der Waals surface area contributed by atoms with Crippen LogP contribution in [0, 0.1) is 11.8 Å². The summed E-state index contributed by atoms with van der Waals surface area (Å²) in [5.74, 6) is 1.28. The van der Waals surface area contributed by atoms with E-state index >= 15 is 0 Å². The van der Waals surface area contributed by atoms with E-state index in [0.717, 1.165) is 28.5 Å². The Labute approximate surface area is 131 Å². The van der Waals surface area contributed by atoms with E-state index in [2.05, 4.69) is 45.7 Å². The highest BCUT2D eigenvalue weighted by atomic mass is 79.9. The van der Waals surface area contributed by atoms with Gasteiger partial charge in [-0.2, -0.15) is 0 Å². The first-order chi connectivity index (χ1) is 9.54. The van der Waals surface area contributed by atoms with Crippen molar-refractivity contribution in [1.29, 1.82) is 0 Å². The van der Waals surface area contributed by atoms with Crippen LogP contribution in [0.15, 0.2) is 15.9 Å². The molecule has 3 nitrogen and oxygen atoms in total. The van der Waals surface area contributed by atoms with Crippen molar-refractivity contribution in [2.75, 3.05) is 6.54 Å². The van der Waals surface area contributed by atoms with Crippen LogP contribution >= 0.6 is 27.3 Å². The van der Waals surface area contributed by atoms with Gasteiger partial charge in [0.05, 0.1) is 14.0 Å². The molecule has 0 unspecified atom stereocenters. The van der Waals surface area contributed by atoms with Gasteiger partial charge in [0.2, 0.25) is 0 Å². The second-order valence-electron chi connectivity index (χ2n) is 5.99. The number of aromatic nitrogens is 1. The number of carbonyl (C=O) groups is 1. The second-order valence-corrected chi connectivity index (χ2v) is 8.45. The number of nitrogens with zero attached hydrogens (tertiary/aromatic N) is 1. The standard InChI is InChI=1S/C15H19BrN2OS/c1-9(2)7-17-15(19)12-5-13-11(6-14(16)20-13)18(12)8-10-3-4-10/h5-6,9-10H,3-4,7-8H2,1-2H3,(H,17,19). The molecule has 1 aliphatic rings. The summed E-state index contributed by atoms with van der Waals surface area (Å²) in [4.78, 5) is 12.4. The number of nitrogens with one attached hydrogen (secondary N) is 1. The maximum atomic E-state index is 12.4. The lowest BCUT2D eigenvalue weighted by Gasteiger charge is -2.11. The van der Waals surface area contributed by atoms with Crippen LogP contribution in [0.1, 0.15) is 37.2 Å². The minimum absolute atomic E-state index is 0.0545. The van der Waals surface area contributed by atoms with Gasteiger partial charge in [0.1, 0.15) is 5.69 Å². The maximum absolute atomic E-state index is 12.4. The van der Waals surface area contributed by atoms with E-state index in [1.165, 1.54) is 23.1 Å². The van der Waals surface area contributed by atoms with Crippen molar-refractivity contribution in [2.24, 2.45) is 11.8 Å². The average Bonchev–Trinajstić information content (AvgIpc) is 3.04. The zero-order valence-electron chi connectivity index (χ0n) is 11.8. The van der Waals surface area contributed by atoms with E-state index in [1.807, 2.05) is 6.07 Å². The van der Waals surface area contributed by atoms with Gasteiger partial charge in [-0.15, -0.1) is 11.3 Å². The van der Waals surface area contributed by atoms with Crippen molar-refractivity contribution in [1.82, 2.24) is 9.88 Å². The molecule has 1 aliphatic carbocycles. The third-order valence-corrected chi connectivity index (χ3v) is 5.18. The van der Waals surface area contributed by atoms with Crippen LogP contribution in [0.3, 0.4) is 0 Å². The molecule has 0 saturated heterocycles. The molecule has 0 aliphatic heterocycles. The summed E-state index contributed by atoms with van der Waals surface area (Å²) in [5.41, 5.74) is 2.00. The first-order valence-electron chi connectivity index (χ1n) is 7.11. The molecular weight excluding hydrogens is 336 g/mol. The molecule has 1 fully saturated rings. The fraction of sp³-hybridized carbons (Fsp3) is 0.533. The van der Waals surface area contributed by atoms with Gasteiger partial charge in [-0.3, -0.25) is 4.79 Å². The first-order valence-corrected chi connectivity index (χ1v) is 8.72. The van der Waals surface area contributed by atoms with Crippen LogP contribution in [0.5, 0.6) is 0 Å². The number of hydrogen-bond donors (Lipinski definition) is 1. The van der Waals surface area contributed by atoms with Crippen LogP contribution in [0.25, 0.3) is 10.2 Å². The molecule has 1 saturated carbocycles. The third-order valence-electron chi connectivity index (χ3n) is 3.60. The second kappa shape index (κ2) is 5.53. The van der Waals surface area contributed by atoms with E-state index in [9.17, 15) is 4.79 Å². The van der Waals surface area contributed by atoms with Gasteiger partial charge in [0.25, 0.3) is 5.91 Å². The Morgan fingerprint density at radius 1 is 1.50 bits per heavy atom. The fourth-order valence-corrected chi connectivity index (χ4v) is 3.91. The van der Waals surface area contributed by atoms with Crippen LogP contribution in [-0.2, 0) is 6.54 Å². The van der Waals surface area contributed by atoms with Gasteiger partial charge < -0.3 is 9.88 Å². The number of halogens is 1. The maximum Gasteiger partial charge on any atom is 0.267 e. The highest BCUT2D eigenvalue weighted by Crippen LogP contribution is 2.36. The molecule has 1 amide bonds. The van der Waals surface area contributed by atoms with Crippen molar-refractivity contribution in [2.45, 2.75) is 33.2 Å². The van der Waals surface area contributed by atoms with Gasteiger partial charge in [0.15, 0.2) is 0 Å². The molecule has 5 heteroatoms. The van der Waals surface area contributed by atoms with E-state index in [1.54, 1.807) is 11.3 Å². The third kappa shape index (κ3) is 2.93. The Kier molecular flexibility index (Phi) is 3.91. The molecule has 2 aromatic rings. The van der Waals surface area contributed by atoms with Gasteiger partial charge in [0, 0.05) is 13.1 Å². The smallest absolute Gasteiger partial charge is 0.267 e. The number of hydrogen-bond acceptors (Lipinski definition) is 2. The Balaban J connectivity index is 1.91. The summed E-state index contributed by atoms with van der Waals surface area (Å²) in [7, 11) is 0. The Hall–Kier alpha value is -0.810. The van der Waals surface area contributed by atoms with E-state index < -0.39 is 0 Å². The van der Waals surface area contributed by atoms with Crippen LogP contribution in [0.2, 0.25) is 0 Å². The van der Waals surface area contributed by atoms with Gasteiger partial charge >= 0.3 is 0 Å². The number of fused-ring (bicyclic) bond motifs is 1. The summed E-state index contributed by atoms with van der Waals surface area (Å²) in [5, 5.41) is 3.03. The minimum atomic E-state index is 0.0545. The van der Waals surface area contributed by atoms with Crippen molar-refractivity contribution in [3.8, 4) is 0 Å². The molecular formula is C15H19BrN2OS. The Morgan fingerprint density at radius 3 is 2.90 bits per heavy atom. The normalized spacial score (nSPS) is 15.2. The first kappa shape index (κ1) is 14.1. The molecule has 2 heterocycles. The van der Waals surface area contributed by atoms with Gasteiger partial charge in [-0.25, -0.2) is 0 Å². The Bertz CT molecular complexity index is 640. The van der Waals surface area contributed by atoms with Crippen LogP contribution in [0.4, 0.5) is 0 Å². The van der Waals surface area contributed by atoms with E-state index in [0.29, 0.717) is 5.92 Å². The average molecular weight is 355 g/mol. The highest BCUT2D eigenvalue weighted by molar-refractivity contribution is 9.11. The lowest BCUT2D eigenvalue weighted by atomic mass is 10.2. The molecule has 3 rings (SSSR count). The summed E-state index contributed by atoms with van der Waals surface area (Å²) in [6.45, 7) is 5.92. The summed E-state index contributed by atoms with van der Waals surface area (Å²) >= 11 is 5.23. The lowest BCUT2D eigenvalue weighted by Crippen LogP contribution is -2.29.